The van der Waals surface area contributed by atoms with Crippen LogP contribution in [0.15, 0.2) is 36.4 Å². The van der Waals surface area contributed by atoms with Crippen molar-refractivity contribution in [2.45, 2.75) is 9.96 Å². The highest BCUT2D eigenvalue weighted by Crippen LogP contribution is 2.30. The van der Waals surface area contributed by atoms with Crippen molar-refractivity contribution in [3.05, 3.63) is 56.5 Å². The van der Waals surface area contributed by atoms with E-state index in [1.54, 1.807) is 24.3 Å². The van der Waals surface area contributed by atoms with Crippen molar-refractivity contribution in [3.8, 4) is 5.75 Å². The smallest absolute Gasteiger partial charge is 0.259 e. The summed E-state index contributed by atoms with van der Waals surface area (Å²) < 4.78 is 3.42. The maximum absolute atomic E-state index is 12.3. The first-order chi connectivity index (χ1) is 14.0. The molecule has 13 heteroatoms. The van der Waals surface area contributed by atoms with E-state index in [1.807, 2.05) is 0 Å². The molecule has 2 aromatic carbocycles. The number of thiocarbonyl (C=S) groups is 1. The van der Waals surface area contributed by atoms with E-state index in [1.165, 1.54) is 12.1 Å². The zero-order chi connectivity index (χ0) is 22.5. The molecule has 1 amide bonds. The second-order valence-corrected chi connectivity index (χ2v) is 10.1. The summed E-state index contributed by atoms with van der Waals surface area (Å²) in [7, 11) is 0. The fraction of sp³-hybridized carbons (Fsp3) is 0.176. The quantitative estimate of drug-likeness (QED) is 0.211. The lowest BCUT2D eigenvalue weighted by atomic mass is 10.3. The average Bonchev–Trinajstić information content (AvgIpc) is 2.62. The Morgan fingerprint density at radius 3 is 2.27 bits per heavy atom. The fourth-order valence-corrected chi connectivity index (χ4v) is 3.33. The van der Waals surface area contributed by atoms with Gasteiger partial charge in [0.05, 0.1) is 15.1 Å². The summed E-state index contributed by atoms with van der Waals surface area (Å²) in [6, 6.07) is 9.37. The van der Waals surface area contributed by atoms with Crippen molar-refractivity contribution >= 4 is 110 Å². The van der Waals surface area contributed by atoms with E-state index in [2.05, 4.69) is 16.0 Å². The molecule has 0 saturated carbocycles. The maximum atomic E-state index is 12.3. The zero-order valence-corrected chi connectivity index (χ0v) is 20.7. The average molecular weight is 571 g/mol. The molecule has 0 spiro atoms. The highest BCUT2D eigenvalue weighted by Gasteiger charge is 2.34. The number of benzene rings is 2. The standard InChI is InChI=1S/C17H12Cl7N3O2S/c18-8-1-4-13(12(21)5-8)29-7-14(28)26-15(17(22,23)24)27-16(30)25-9-2-3-10(19)11(20)6-9/h1-6,15H,7H2,(H,26,28)(H2,25,27,30)/t15-/m0/s1. The van der Waals surface area contributed by atoms with Gasteiger partial charge in [0.2, 0.25) is 3.79 Å². The summed E-state index contributed by atoms with van der Waals surface area (Å²) in [4.78, 5) is 12.3. The number of ether oxygens (including phenoxy) is 1. The van der Waals surface area contributed by atoms with Crippen LogP contribution in [0.25, 0.3) is 0 Å². The molecular weight excluding hydrogens is 558 g/mol. The SMILES string of the molecule is O=C(COc1ccc(Cl)cc1Cl)N[C@@H](NC(=S)Nc1ccc(Cl)c(Cl)c1)C(Cl)(Cl)Cl. The number of hydrogen-bond donors (Lipinski definition) is 3. The van der Waals surface area contributed by atoms with Gasteiger partial charge >= 0.3 is 0 Å². The van der Waals surface area contributed by atoms with Gasteiger partial charge in [-0.05, 0) is 48.6 Å². The van der Waals surface area contributed by atoms with E-state index < -0.39 is 22.5 Å². The normalized spacial score (nSPS) is 12.1. The number of amides is 1. The van der Waals surface area contributed by atoms with Crippen LogP contribution in [-0.4, -0.2) is 27.6 Å². The van der Waals surface area contributed by atoms with Crippen LogP contribution in [0.2, 0.25) is 20.1 Å². The lowest BCUT2D eigenvalue weighted by Gasteiger charge is -2.27. The van der Waals surface area contributed by atoms with Gasteiger partial charge in [-0.3, -0.25) is 4.79 Å². The fourth-order valence-electron chi connectivity index (χ4n) is 2.01. The monoisotopic (exact) mass is 567 g/mol. The molecule has 5 nitrogen and oxygen atoms in total. The van der Waals surface area contributed by atoms with Gasteiger partial charge in [-0.2, -0.15) is 0 Å². The van der Waals surface area contributed by atoms with Crippen molar-refractivity contribution in [3.63, 3.8) is 0 Å². The first kappa shape index (κ1) is 25.7. The van der Waals surface area contributed by atoms with Crippen molar-refractivity contribution in [1.82, 2.24) is 10.6 Å². The molecule has 0 radical (unpaired) electrons. The second-order valence-electron chi connectivity index (χ2n) is 5.63. The molecule has 162 valence electrons. The minimum atomic E-state index is -1.93. The summed E-state index contributed by atoms with van der Waals surface area (Å²) in [6.07, 6.45) is -1.18. The molecule has 2 aromatic rings. The predicted molar refractivity (Wildman–Crippen MR) is 130 cm³/mol. The maximum Gasteiger partial charge on any atom is 0.259 e. The summed E-state index contributed by atoms with van der Waals surface area (Å²) in [5.41, 5.74) is 0.539. The molecule has 0 aliphatic rings. The third kappa shape index (κ3) is 8.17. The topological polar surface area (TPSA) is 62.4 Å². The Bertz CT molecular complexity index is 940. The number of hydrogen-bond acceptors (Lipinski definition) is 3. The Labute approximate surface area is 213 Å². The Kier molecular flexibility index (Phi) is 9.71. The largest absolute Gasteiger partial charge is 0.482 e. The van der Waals surface area contributed by atoms with Gasteiger partial charge in [-0.15, -0.1) is 0 Å². The second kappa shape index (κ2) is 11.3. The third-order valence-electron chi connectivity index (χ3n) is 3.34. The van der Waals surface area contributed by atoms with Crippen LogP contribution in [-0.2, 0) is 4.79 Å². The van der Waals surface area contributed by atoms with E-state index in [-0.39, 0.29) is 15.9 Å². The van der Waals surface area contributed by atoms with Gasteiger partial charge < -0.3 is 20.7 Å². The molecule has 3 N–H and O–H groups in total. The van der Waals surface area contributed by atoms with Crippen molar-refractivity contribution < 1.29 is 9.53 Å². The van der Waals surface area contributed by atoms with Gasteiger partial charge in [-0.1, -0.05) is 81.2 Å². The van der Waals surface area contributed by atoms with Crippen molar-refractivity contribution in [1.29, 1.82) is 0 Å². The number of carbonyl (C=O) groups is 1. The van der Waals surface area contributed by atoms with Crippen LogP contribution in [0.5, 0.6) is 5.75 Å². The molecule has 0 heterocycles. The number of carbonyl (C=O) groups excluding carboxylic acids is 1. The molecule has 0 bridgehead atoms. The highest BCUT2D eigenvalue weighted by molar-refractivity contribution is 7.80. The molecule has 0 unspecified atom stereocenters. The Hall–Kier alpha value is -0.570. The summed E-state index contributed by atoms with van der Waals surface area (Å²) >= 11 is 46.7. The van der Waals surface area contributed by atoms with Gasteiger partial charge in [-0.25, -0.2) is 0 Å². The molecule has 0 aromatic heterocycles. The predicted octanol–water partition coefficient (Wildman–Crippen LogP) is 6.48. The zero-order valence-electron chi connectivity index (χ0n) is 14.6. The number of halogens is 7. The van der Waals surface area contributed by atoms with Crippen LogP contribution >= 0.6 is 93.4 Å². The van der Waals surface area contributed by atoms with Gasteiger partial charge in [0.1, 0.15) is 11.9 Å². The van der Waals surface area contributed by atoms with Crippen LogP contribution in [0.4, 0.5) is 5.69 Å². The first-order valence-corrected chi connectivity index (χ1v) is 11.0. The molecule has 0 fully saturated rings. The van der Waals surface area contributed by atoms with Crippen molar-refractivity contribution in [2.75, 3.05) is 11.9 Å². The molecule has 30 heavy (non-hydrogen) atoms. The first-order valence-electron chi connectivity index (χ1n) is 7.92. The van der Waals surface area contributed by atoms with E-state index in [4.69, 9.17) is 98.2 Å². The lowest BCUT2D eigenvalue weighted by Crippen LogP contribution is -2.56. The third-order valence-corrected chi connectivity index (χ3v) is 5.48. The summed E-state index contributed by atoms with van der Waals surface area (Å²) in [6.45, 7) is -0.396. The molecule has 0 aliphatic carbocycles. The number of nitrogens with one attached hydrogen (secondary N) is 3. The Morgan fingerprint density at radius 1 is 0.967 bits per heavy atom. The molecule has 1 atom stereocenters. The highest BCUT2D eigenvalue weighted by atomic mass is 35.6. The van der Waals surface area contributed by atoms with Gasteiger partial charge in [0.15, 0.2) is 11.7 Å². The van der Waals surface area contributed by atoms with Crippen molar-refractivity contribution in [2.24, 2.45) is 0 Å². The van der Waals surface area contributed by atoms with Crippen LogP contribution in [0, 0.1) is 0 Å². The van der Waals surface area contributed by atoms with Gasteiger partial charge in [0.25, 0.3) is 5.91 Å². The van der Waals surface area contributed by atoms with E-state index >= 15 is 0 Å². The number of rotatable bonds is 6. The van der Waals surface area contributed by atoms with Gasteiger partial charge in [0, 0.05) is 10.7 Å². The molecule has 2 rings (SSSR count). The minimum Gasteiger partial charge on any atom is -0.482 e. The van der Waals surface area contributed by atoms with E-state index in [0.717, 1.165) is 0 Å². The summed E-state index contributed by atoms with van der Waals surface area (Å²) in [5.74, 6) is -0.325. The Balaban J connectivity index is 1.96. The van der Waals surface area contributed by atoms with Crippen LogP contribution in [0.1, 0.15) is 0 Å². The Morgan fingerprint density at radius 2 is 1.67 bits per heavy atom. The summed E-state index contributed by atoms with van der Waals surface area (Å²) in [5, 5.41) is 9.48. The number of anilines is 1. The lowest BCUT2D eigenvalue weighted by molar-refractivity contribution is -0.123. The number of alkyl halides is 3. The molecule has 0 aliphatic heterocycles. The van der Waals surface area contributed by atoms with E-state index in [0.29, 0.717) is 20.8 Å². The molecular formula is C17H12Cl7N3O2S. The molecule has 0 saturated heterocycles. The van der Waals surface area contributed by atoms with Crippen LogP contribution < -0.4 is 20.7 Å². The van der Waals surface area contributed by atoms with Crippen LogP contribution in [0.3, 0.4) is 0 Å². The minimum absolute atomic E-state index is 0.0617. The van der Waals surface area contributed by atoms with E-state index in [9.17, 15) is 4.79 Å².